The quantitative estimate of drug-likeness (QED) is 0.772. The Bertz CT molecular complexity index is 199. The van der Waals surface area contributed by atoms with Crippen LogP contribution >= 0.6 is 0 Å². The van der Waals surface area contributed by atoms with Crippen LogP contribution in [0.1, 0.15) is 51.9 Å². The highest BCUT2D eigenvalue weighted by atomic mass is 15.1. The molecule has 2 fully saturated rings. The molecule has 2 heteroatoms. The third-order valence-corrected chi connectivity index (χ3v) is 4.73. The van der Waals surface area contributed by atoms with Crippen molar-refractivity contribution in [3.8, 4) is 0 Å². The highest BCUT2D eigenvalue weighted by Crippen LogP contribution is 2.36. The van der Waals surface area contributed by atoms with Gasteiger partial charge in [0.25, 0.3) is 0 Å². The molecule has 1 heterocycles. The summed E-state index contributed by atoms with van der Waals surface area (Å²) in [4.78, 5) is 2.66. The van der Waals surface area contributed by atoms with Crippen LogP contribution in [0.3, 0.4) is 0 Å². The first kappa shape index (κ1) is 12.4. The normalized spacial score (nSPS) is 25.7. The summed E-state index contributed by atoms with van der Waals surface area (Å²) in [6, 6.07) is 0.906. The molecular formula is C14H28N2. The molecule has 1 N–H and O–H groups in total. The van der Waals surface area contributed by atoms with Gasteiger partial charge < -0.3 is 10.2 Å². The molecule has 1 aliphatic heterocycles. The highest BCUT2D eigenvalue weighted by Gasteiger charge is 2.34. The summed E-state index contributed by atoms with van der Waals surface area (Å²) in [5.41, 5.74) is 0.629. The molecule has 16 heavy (non-hydrogen) atoms. The van der Waals surface area contributed by atoms with E-state index in [4.69, 9.17) is 0 Å². The predicted molar refractivity (Wildman–Crippen MR) is 69.7 cm³/mol. The average molecular weight is 224 g/mol. The lowest BCUT2D eigenvalue weighted by molar-refractivity contribution is 0.0644. The van der Waals surface area contributed by atoms with Crippen molar-refractivity contribution in [2.75, 3.05) is 26.7 Å². The van der Waals surface area contributed by atoms with Gasteiger partial charge in [0.2, 0.25) is 0 Å². The first-order chi connectivity index (χ1) is 7.76. The smallest absolute Gasteiger partial charge is 0.00924 e. The maximum Gasteiger partial charge on any atom is 0.00924 e. The van der Waals surface area contributed by atoms with Crippen molar-refractivity contribution in [1.29, 1.82) is 0 Å². The summed E-state index contributed by atoms with van der Waals surface area (Å²) >= 11 is 0. The summed E-state index contributed by atoms with van der Waals surface area (Å²) in [6.45, 7) is 6.15. The van der Waals surface area contributed by atoms with Gasteiger partial charge in [0.1, 0.15) is 0 Å². The first-order valence-electron chi connectivity index (χ1n) is 7.17. The van der Waals surface area contributed by atoms with E-state index in [0.717, 1.165) is 6.04 Å². The van der Waals surface area contributed by atoms with Crippen LogP contribution < -0.4 is 5.32 Å². The van der Waals surface area contributed by atoms with Crippen molar-refractivity contribution in [2.45, 2.75) is 57.9 Å². The van der Waals surface area contributed by atoms with Gasteiger partial charge in [0.05, 0.1) is 0 Å². The van der Waals surface area contributed by atoms with Crippen molar-refractivity contribution >= 4 is 0 Å². The topological polar surface area (TPSA) is 15.3 Å². The fourth-order valence-electron chi connectivity index (χ4n) is 3.46. The van der Waals surface area contributed by atoms with E-state index in [0.29, 0.717) is 5.41 Å². The molecule has 0 amide bonds. The lowest BCUT2D eigenvalue weighted by Gasteiger charge is -2.44. The Morgan fingerprint density at radius 3 is 2.44 bits per heavy atom. The Balaban J connectivity index is 1.89. The van der Waals surface area contributed by atoms with E-state index in [9.17, 15) is 0 Å². The van der Waals surface area contributed by atoms with Crippen LogP contribution in [0, 0.1) is 5.41 Å². The Hall–Kier alpha value is -0.0800. The van der Waals surface area contributed by atoms with Crippen LogP contribution in [-0.4, -0.2) is 37.6 Å². The molecule has 2 rings (SSSR count). The van der Waals surface area contributed by atoms with Crippen LogP contribution in [0.25, 0.3) is 0 Å². The zero-order chi connectivity index (χ0) is 11.4. The van der Waals surface area contributed by atoms with Crippen LogP contribution in [0.4, 0.5) is 0 Å². The average Bonchev–Trinajstić information content (AvgIpc) is 2.16. The summed E-state index contributed by atoms with van der Waals surface area (Å²) in [7, 11) is 2.35. The van der Waals surface area contributed by atoms with Gasteiger partial charge in [-0.2, -0.15) is 0 Å². The largest absolute Gasteiger partial charge is 0.317 e. The third kappa shape index (κ3) is 2.78. The van der Waals surface area contributed by atoms with E-state index < -0.39 is 0 Å². The Morgan fingerprint density at radius 1 is 1.25 bits per heavy atom. The van der Waals surface area contributed by atoms with Gasteiger partial charge in [-0.1, -0.05) is 19.8 Å². The van der Waals surface area contributed by atoms with Gasteiger partial charge >= 0.3 is 0 Å². The molecule has 1 saturated heterocycles. The predicted octanol–water partition coefficient (Wildman–Crippen LogP) is 2.64. The second kappa shape index (κ2) is 5.50. The number of hydrogen-bond acceptors (Lipinski definition) is 2. The van der Waals surface area contributed by atoms with Gasteiger partial charge in [-0.05, 0) is 57.7 Å². The number of nitrogens with zero attached hydrogens (tertiary/aromatic N) is 1. The van der Waals surface area contributed by atoms with E-state index in [1.807, 2.05) is 0 Å². The van der Waals surface area contributed by atoms with Crippen LogP contribution in [0.15, 0.2) is 0 Å². The SMILES string of the molecule is CCCC1(CN(C)C2CCC2)CCNCC1. The van der Waals surface area contributed by atoms with Gasteiger partial charge in [-0.3, -0.25) is 0 Å². The summed E-state index contributed by atoms with van der Waals surface area (Å²) in [5, 5.41) is 3.51. The van der Waals surface area contributed by atoms with Gasteiger partial charge in [-0.15, -0.1) is 0 Å². The number of piperidine rings is 1. The summed E-state index contributed by atoms with van der Waals surface area (Å²) < 4.78 is 0. The minimum absolute atomic E-state index is 0.629. The molecular weight excluding hydrogens is 196 g/mol. The lowest BCUT2D eigenvalue weighted by atomic mass is 9.74. The third-order valence-electron chi connectivity index (χ3n) is 4.73. The summed E-state index contributed by atoms with van der Waals surface area (Å²) in [6.07, 6.45) is 9.88. The molecule has 1 saturated carbocycles. The highest BCUT2D eigenvalue weighted by molar-refractivity contribution is 4.89. The zero-order valence-electron chi connectivity index (χ0n) is 11.1. The van der Waals surface area contributed by atoms with E-state index in [1.165, 1.54) is 64.6 Å². The van der Waals surface area contributed by atoms with Gasteiger partial charge in [0.15, 0.2) is 0 Å². The van der Waals surface area contributed by atoms with Crippen molar-refractivity contribution in [3.05, 3.63) is 0 Å². The van der Waals surface area contributed by atoms with Crippen LogP contribution in [0.2, 0.25) is 0 Å². The van der Waals surface area contributed by atoms with E-state index >= 15 is 0 Å². The Morgan fingerprint density at radius 2 is 1.94 bits per heavy atom. The molecule has 1 aliphatic carbocycles. The maximum absolute atomic E-state index is 3.51. The maximum atomic E-state index is 3.51. The van der Waals surface area contributed by atoms with Crippen LogP contribution in [-0.2, 0) is 0 Å². The fourth-order valence-corrected chi connectivity index (χ4v) is 3.46. The number of nitrogens with one attached hydrogen (secondary N) is 1. The molecule has 2 nitrogen and oxygen atoms in total. The number of rotatable bonds is 5. The van der Waals surface area contributed by atoms with Crippen molar-refractivity contribution in [3.63, 3.8) is 0 Å². The Kier molecular flexibility index (Phi) is 4.26. The summed E-state index contributed by atoms with van der Waals surface area (Å²) in [5.74, 6) is 0. The Labute approximate surface area is 101 Å². The zero-order valence-corrected chi connectivity index (χ0v) is 11.1. The molecule has 0 atom stereocenters. The van der Waals surface area contributed by atoms with Crippen LogP contribution in [0.5, 0.6) is 0 Å². The lowest BCUT2D eigenvalue weighted by Crippen LogP contribution is -2.48. The number of hydrogen-bond donors (Lipinski definition) is 1. The molecule has 0 aromatic carbocycles. The standard InChI is InChI=1S/C14H28N2/c1-3-7-14(8-10-15-11-9-14)12-16(2)13-5-4-6-13/h13,15H,3-12H2,1-2H3. The molecule has 94 valence electrons. The van der Waals surface area contributed by atoms with Crippen molar-refractivity contribution in [2.24, 2.45) is 5.41 Å². The second-order valence-electron chi connectivity index (χ2n) is 6.00. The minimum atomic E-state index is 0.629. The molecule has 2 aliphatic rings. The van der Waals surface area contributed by atoms with Gasteiger partial charge in [0, 0.05) is 12.6 Å². The van der Waals surface area contributed by atoms with Gasteiger partial charge in [-0.25, -0.2) is 0 Å². The molecule has 0 spiro atoms. The molecule has 0 aromatic heterocycles. The minimum Gasteiger partial charge on any atom is -0.317 e. The van der Waals surface area contributed by atoms with Crippen molar-refractivity contribution in [1.82, 2.24) is 10.2 Å². The van der Waals surface area contributed by atoms with E-state index in [2.05, 4.69) is 24.2 Å². The van der Waals surface area contributed by atoms with Crippen molar-refractivity contribution < 1.29 is 0 Å². The molecule has 0 aromatic rings. The fraction of sp³-hybridized carbons (Fsp3) is 1.00. The van der Waals surface area contributed by atoms with E-state index in [1.54, 1.807) is 0 Å². The monoisotopic (exact) mass is 224 g/mol. The molecule has 0 bridgehead atoms. The molecule has 0 radical (unpaired) electrons. The molecule has 0 unspecified atom stereocenters. The first-order valence-corrected chi connectivity index (χ1v) is 7.17. The van der Waals surface area contributed by atoms with E-state index in [-0.39, 0.29) is 0 Å². The second-order valence-corrected chi connectivity index (χ2v) is 6.00.